The van der Waals surface area contributed by atoms with Gasteiger partial charge in [0.05, 0.1) is 6.61 Å². The first-order chi connectivity index (χ1) is 13.0. The molecule has 0 saturated heterocycles. The van der Waals surface area contributed by atoms with Gasteiger partial charge in [-0.25, -0.2) is 4.68 Å². The van der Waals surface area contributed by atoms with Crippen LogP contribution in [0.2, 0.25) is 0 Å². The number of anilines is 2. The van der Waals surface area contributed by atoms with Crippen LogP contribution in [-0.2, 0) is 17.9 Å². The van der Waals surface area contributed by atoms with E-state index in [0.29, 0.717) is 25.6 Å². The maximum absolute atomic E-state index is 12.4. The van der Waals surface area contributed by atoms with Crippen molar-refractivity contribution in [2.24, 2.45) is 0 Å². The number of aromatic nitrogens is 3. The van der Waals surface area contributed by atoms with Gasteiger partial charge in [0, 0.05) is 25.3 Å². The highest BCUT2D eigenvalue weighted by Crippen LogP contribution is 2.27. The fraction of sp³-hybridized carbons (Fsp3) is 0.333. The van der Waals surface area contributed by atoms with Gasteiger partial charge in [0.25, 0.3) is 0 Å². The van der Waals surface area contributed by atoms with E-state index >= 15 is 0 Å². The summed E-state index contributed by atoms with van der Waals surface area (Å²) in [5, 5.41) is 6.82. The van der Waals surface area contributed by atoms with Gasteiger partial charge < -0.3 is 15.0 Å². The maximum Gasteiger partial charge on any atom is 0.333 e. The Kier molecular flexibility index (Phi) is 5.39. The lowest BCUT2D eigenvalue weighted by molar-refractivity contribution is -0.121. The van der Waals surface area contributed by atoms with Crippen LogP contribution < -0.4 is 26.1 Å². The lowest BCUT2D eigenvalue weighted by Crippen LogP contribution is -2.44. The van der Waals surface area contributed by atoms with E-state index in [9.17, 15) is 14.4 Å². The number of nitrogens with one attached hydrogen (secondary N) is 1. The molecule has 0 atom stereocenters. The summed E-state index contributed by atoms with van der Waals surface area (Å²) in [6.45, 7) is 6.80. The molecule has 1 aliphatic rings. The minimum absolute atomic E-state index is 0.274. The molecular weight excluding hydrogens is 350 g/mol. The number of ether oxygens (including phenoxy) is 1. The molecule has 9 nitrogen and oxygen atoms in total. The molecule has 27 heavy (non-hydrogen) atoms. The monoisotopic (exact) mass is 371 g/mol. The Hall–Kier alpha value is -3.36. The number of rotatable bonds is 7. The second kappa shape index (κ2) is 7.90. The summed E-state index contributed by atoms with van der Waals surface area (Å²) < 4.78 is 7.67. The molecule has 1 aromatic heterocycles. The molecule has 0 spiro atoms. The fourth-order valence-electron chi connectivity index (χ4n) is 2.84. The first-order valence-electron chi connectivity index (χ1n) is 8.65. The molecule has 0 bridgehead atoms. The van der Waals surface area contributed by atoms with E-state index in [1.54, 1.807) is 0 Å². The van der Waals surface area contributed by atoms with Gasteiger partial charge in [-0.05, 0) is 31.2 Å². The molecule has 142 valence electrons. The lowest BCUT2D eigenvalue weighted by Gasteiger charge is -2.18. The van der Waals surface area contributed by atoms with Crippen LogP contribution in [-0.4, -0.2) is 40.0 Å². The van der Waals surface area contributed by atoms with Crippen molar-refractivity contribution in [2.75, 3.05) is 24.6 Å². The van der Waals surface area contributed by atoms with Crippen molar-refractivity contribution in [2.45, 2.75) is 20.0 Å². The molecule has 1 amide bonds. The van der Waals surface area contributed by atoms with E-state index in [2.05, 4.69) is 17.0 Å². The predicted molar refractivity (Wildman–Crippen MR) is 101 cm³/mol. The smallest absolute Gasteiger partial charge is 0.333 e. The van der Waals surface area contributed by atoms with Gasteiger partial charge in [-0.3, -0.25) is 19.0 Å². The molecule has 3 rings (SSSR count). The summed E-state index contributed by atoms with van der Waals surface area (Å²) in [4.78, 5) is 38.3. The zero-order valence-electron chi connectivity index (χ0n) is 15.1. The number of hydrogen-bond acceptors (Lipinski definition) is 6. The van der Waals surface area contributed by atoms with Crippen molar-refractivity contribution in [1.82, 2.24) is 19.7 Å². The lowest BCUT2D eigenvalue weighted by atomic mass is 10.3. The number of fused-ring (bicyclic) bond motifs is 1. The van der Waals surface area contributed by atoms with Crippen LogP contribution in [0.4, 0.5) is 11.6 Å². The average Bonchev–Trinajstić information content (AvgIpc) is 3.09. The third-order valence-electron chi connectivity index (χ3n) is 4.10. The number of benzene rings is 1. The van der Waals surface area contributed by atoms with Crippen LogP contribution in [0.15, 0.2) is 46.5 Å². The Balaban J connectivity index is 1.92. The van der Waals surface area contributed by atoms with Crippen molar-refractivity contribution >= 4 is 17.5 Å². The standard InChI is InChI=1S/C18H21N5O4/c1-3-9-19-15(24)12-23-17(26)16(25)22-11-10-21(18(22)20-23)13-5-7-14(8-6-13)27-4-2/h3,5-8H,1,4,9-12H2,2H3,(H,19,24). The van der Waals surface area contributed by atoms with Gasteiger partial charge in [0.1, 0.15) is 12.3 Å². The van der Waals surface area contributed by atoms with Crippen LogP contribution in [0, 0.1) is 0 Å². The molecule has 0 saturated carbocycles. The Bertz CT molecular complexity index is 961. The van der Waals surface area contributed by atoms with Crippen molar-refractivity contribution in [1.29, 1.82) is 0 Å². The number of amides is 1. The summed E-state index contributed by atoms with van der Waals surface area (Å²) in [6.07, 6.45) is 1.53. The highest BCUT2D eigenvalue weighted by Gasteiger charge is 2.26. The average molecular weight is 371 g/mol. The molecule has 9 heteroatoms. The third-order valence-corrected chi connectivity index (χ3v) is 4.10. The molecule has 2 heterocycles. The fourth-order valence-corrected chi connectivity index (χ4v) is 2.84. The summed E-state index contributed by atoms with van der Waals surface area (Å²) in [7, 11) is 0. The van der Waals surface area contributed by atoms with Crippen molar-refractivity contribution in [3.05, 3.63) is 57.6 Å². The van der Waals surface area contributed by atoms with Crippen LogP contribution in [0.25, 0.3) is 0 Å². The highest BCUT2D eigenvalue weighted by molar-refractivity contribution is 5.75. The van der Waals surface area contributed by atoms with E-state index in [0.717, 1.165) is 16.1 Å². The quantitative estimate of drug-likeness (QED) is 0.554. The molecule has 1 N–H and O–H groups in total. The van der Waals surface area contributed by atoms with Crippen LogP contribution in [0.3, 0.4) is 0 Å². The molecule has 0 fully saturated rings. The van der Waals surface area contributed by atoms with E-state index in [-0.39, 0.29) is 13.1 Å². The first-order valence-corrected chi connectivity index (χ1v) is 8.65. The number of hydrogen-bond donors (Lipinski definition) is 1. The van der Waals surface area contributed by atoms with Gasteiger partial charge in [-0.15, -0.1) is 11.7 Å². The van der Waals surface area contributed by atoms with Gasteiger partial charge >= 0.3 is 11.1 Å². The van der Waals surface area contributed by atoms with E-state index in [1.165, 1.54) is 10.6 Å². The largest absolute Gasteiger partial charge is 0.494 e. The molecular formula is C18H21N5O4. The molecule has 1 aromatic carbocycles. The summed E-state index contributed by atoms with van der Waals surface area (Å²) in [5.74, 6) is 0.661. The van der Waals surface area contributed by atoms with E-state index in [4.69, 9.17) is 4.74 Å². The minimum Gasteiger partial charge on any atom is -0.494 e. The second-order valence-electron chi connectivity index (χ2n) is 5.89. The molecule has 2 aromatic rings. The number of nitrogens with zero attached hydrogens (tertiary/aromatic N) is 4. The number of carbonyl (C=O) groups excluding carboxylic acids is 1. The first kappa shape index (κ1) is 18.4. The molecule has 1 aliphatic heterocycles. The van der Waals surface area contributed by atoms with E-state index < -0.39 is 17.0 Å². The minimum atomic E-state index is -0.818. The van der Waals surface area contributed by atoms with Crippen LogP contribution >= 0.6 is 0 Å². The van der Waals surface area contributed by atoms with Gasteiger partial charge in [0.15, 0.2) is 0 Å². The Morgan fingerprint density at radius 3 is 2.67 bits per heavy atom. The Morgan fingerprint density at radius 2 is 2.00 bits per heavy atom. The Labute approximate surface area is 155 Å². The van der Waals surface area contributed by atoms with Crippen LogP contribution in [0.1, 0.15) is 6.92 Å². The number of carbonyl (C=O) groups is 1. The summed E-state index contributed by atoms with van der Waals surface area (Å²) in [6, 6.07) is 7.38. The highest BCUT2D eigenvalue weighted by atomic mass is 16.5. The van der Waals surface area contributed by atoms with Crippen molar-refractivity contribution < 1.29 is 9.53 Å². The topological polar surface area (TPSA) is 98.5 Å². The van der Waals surface area contributed by atoms with Gasteiger partial charge in [-0.1, -0.05) is 6.08 Å². The van der Waals surface area contributed by atoms with Crippen molar-refractivity contribution in [3.63, 3.8) is 0 Å². The SMILES string of the molecule is C=CCNC(=O)Cn1nc2n(c(=O)c1=O)CCN2c1ccc(OCC)cc1. The van der Waals surface area contributed by atoms with Crippen LogP contribution in [0.5, 0.6) is 5.75 Å². The van der Waals surface area contributed by atoms with Gasteiger partial charge in [0.2, 0.25) is 11.9 Å². The summed E-state index contributed by atoms with van der Waals surface area (Å²) >= 11 is 0. The Morgan fingerprint density at radius 1 is 1.26 bits per heavy atom. The third kappa shape index (κ3) is 3.76. The predicted octanol–water partition coefficient (Wildman–Crippen LogP) is 0.258. The van der Waals surface area contributed by atoms with Gasteiger partial charge in [-0.2, -0.15) is 0 Å². The molecule has 0 unspecified atom stereocenters. The van der Waals surface area contributed by atoms with Crippen molar-refractivity contribution in [3.8, 4) is 5.75 Å². The molecule has 0 aliphatic carbocycles. The maximum atomic E-state index is 12.4. The second-order valence-corrected chi connectivity index (χ2v) is 5.89. The normalized spacial score (nSPS) is 12.6. The zero-order chi connectivity index (χ0) is 19.4. The van der Waals surface area contributed by atoms with E-state index in [1.807, 2.05) is 36.1 Å². The summed E-state index contributed by atoms with van der Waals surface area (Å²) in [5.41, 5.74) is -0.691. The molecule has 0 radical (unpaired) electrons. The zero-order valence-corrected chi connectivity index (χ0v) is 15.1.